The highest BCUT2D eigenvalue weighted by Crippen LogP contribution is 2.21. The van der Waals surface area contributed by atoms with Crippen molar-refractivity contribution in [1.29, 1.82) is 0 Å². The van der Waals surface area contributed by atoms with E-state index in [4.69, 9.17) is 4.74 Å². The van der Waals surface area contributed by atoms with Gasteiger partial charge in [0.05, 0.1) is 6.04 Å². The average Bonchev–Trinajstić information content (AvgIpc) is 2.61. The van der Waals surface area contributed by atoms with Crippen molar-refractivity contribution < 1.29 is 17.9 Å². The van der Waals surface area contributed by atoms with E-state index in [1.165, 1.54) is 28.3 Å². The lowest BCUT2D eigenvalue weighted by molar-refractivity contribution is -0.126. The molecule has 1 N–H and O–H groups in total. The van der Waals surface area contributed by atoms with Crippen molar-refractivity contribution in [3.63, 3.8) is 0 Å². The molecule has 2 rings (SSSR count). The van der Waals surface area contributed by atoms with E-state index in [9.17, 15) is 13.2 Å². The summed E-state index contributed by atoms with van der Waals surface area (Å²) in [4.78, 5) is 12.4. The predicted molar refractivity (Wildman–Crippen MR) is 101 cm³/mol. The number of amides is 1. The first-order valence-electron chi connectivity index (χ1n) is 8.87. The fourth-order valence-corrected chi connectivity index (χ4v) is 3.97. The Morgan fingerprint density at radius 1 is 1.27 bits per heavy atom. The lowest BCUT2D eigenvalue weighted by atomic mass is 9.97. The molecule has 1 aliphatic heterocycles. The summed E-state index contributed by atoms with van der Waals surface area (Å²) in [6.07, 6.45) is 1.06. The Morgan fingerprint density at radius 2 is 1.85 bits per heavy atom. The number of rotatable bonds is 7. The van der Waals surface area contributed by atoms with Crippen LogP contribution in [0.5, 0.6) is 5.75 Å². The summed E-state index contributed by atoms with van der Waals surface area (Å²) >= 11 is 0. The molecule has 146 valence electrons. The van der Waals surface area contributed by atoms with Gasteiger partial charge in [-0.3, -0.25) is 4.79 Å². The quantitative estimate of drug-likeness (QED) is 0.772. The highest BCUT2D eigenvalue weighted by atomic mass is 32.2. The van der Waals surface area contributed by atoms with Crippen LogP contribution in [-0.4, -0.2) is 62.8 Å². The summed E-state index contributed by atoms with van der Waals surface area (Å²) in [5.74, 6) is 0.580. The van der Waals surface area contributed by atoms with Gasteiger partial charge < -0.3 is 10.1 Å². The second kappa shape index (κ2) is 8.83. The van der Waals surface area contributed by atoms with E-state index in [0.717, 1.165) is 5.75 Å². The Bertz CT molecular complexity index is 696. The van der Waals surface area contributed by atoms with E-state index in [2.05, 4.69) is 5.32 Å². The molecule has 1 saturated heterocycles. The summed E-state index contributed by atoms with van der Waals surface area (Å²) in [5.41, 5.74) is 1.17. The molecule has 1 heterocycles. The Morgan fingerprint density at radius 3 is 2.38 bits per heavy atom. The van der Waals surface area contributed by atoms with Gasteiger partial charge in [-0.2, -0.15) is 17.0 Å². The molecule has 8 heteroatoms. The maximum absolute atomic E-state index is 12.4. The van der Waals surface area contributed by atoms with Crippen molar-refractivity contribution in [3.8, 4) is 5.75 Å². The smallest absolute Gasteiger partial charge is 0.281 e. The van der Waals surface area contributed by atoms with Crippen LogP contribution in [0.1, 0.15) is 25.3 Å². The summed E-state index contributed by atoms with van der Waals surface area (Å²) in [6.45, 7) is 5.04. The number of nitrogens with zero attached hydrogens (tertiary/aromatic N) is 2. The molecule has 0 spiro atoms. The molecule has 1 aromatic carbocycles. The number of hydrogen-bond acceptors (Lipinski definition) is 4. The molecular formula is C18H29N3O4S. The Balaban J connectivity index is 1.77. The number of aryl methyl sites for hydroxylation is 1. The SMILES string of the molecule is Cc1ccc(OC[C@H](C)NC(=O)C2CCN(S(=O)(=O)N(C)C)CC2)cc1. The van der Waals surface area contributed by atoms with Gasteiger partial charge in [0, 0.05) is 33.1 Å². The van der Waals surface area contributed by atoms with Crippen LogP contribution in [0.25, 0.3) is 0 Å². The van der Waals surface area contributed by atoms with Crippen molar-refractivity contribution in [1.82, 2.24) is 13.9 Å². The summed E-state index contributed by atoms with van der Waals surface area (Å²) in [7, 11) is -0.364. The average molecular weight is 384 g/mol. The maximum Gasteiger partial charge on any atom is 0.281 e. The number of carbonyl (C=O) groups is 1. The van der Waals surface area contributed by atoms with Gasteiger partial charge in [-0.1, -0.05) is 17.7 Å². The van der Waals surface area contributed by atoms with Crippen LogP contribution in [0, 0.1) is 12.8 Å². The first-order chi connectivity index (χ1) is 12.2. The normalized spacial score (nSPS) is 17.9. The fraction of sp³-hybridized carbons (Fsp3) is 0.611. The zero-order chi connectivity index (χ0) is 19.3. The summed E-state index contributed by atoms with van der Waals surface area (Å²) in [5, 5.41) is 2.97. The largest absolute Gasteiger partial charge is 0.491 e. The van der Waals surface area contributed by atoms with E-state index in [-0.39, 0.29) is 17.9 Å². The van der Waals surface area contributed by atoms with Crippen molar-refractivity contribution >= 4 is 16.1 Å². The van der Waals surface area contributed by atoms with Gasteiger partial charge >= 0.3 is 0 Å². The van der Waals surface area contributed by atoms with Gasteiger partial charge in [-0.25, -0.2) is 0 Å². The highest BCUT2D eigenvalue weighted by molar-refractivity contribution is 7.86. The molecule has 0 unspecified atom stereocenters. The first kappa shape index (κ1) is 20.7. The second-order valence-electron chi connectivity index (χ2n) is 7.00. The van der Waals surface area contributed by atoms with Crippen LogP contribution in [0.4, 0.5) is 0 Å². The van der Waals surface area contributed by atoms with E-state index in [1.807, 2.05) is 38.1 Å². The Hall–Kier alpha value is -1.64. The maximum atomic E-state index is 12.4. The number of piperidine rings is 1. The van der Waals surface area contributed by atoms with E-state index in [0.29, 0.717) is 32.5 Å². The minimum absolute atomic E-state index is 0.0353. The minimum Gasteiger partial charge on any atom is -0.491 e. The first-order valence-corrected chi connectivity index (χ1v) is 10.3. The molecule has 1 amide bonds. The molecule has 0 aromatic heterocycles. The van der Waals surface area contributed by atoms with Gasteiger partial charge in [-0.15, -0.1) is 0 Å². The van der Waals surface area contributed by atoms with Gasteiger partial charge in [0.1, 0.15) is 12.4 Å². The van der Waals surface area contributed by atoms with E-state index < -0.39 is 10.2 Å². The van der Waals surface area contributed by atoms with E-state index in [1.54, 1.807) is 0 Å². The lowest BCUT2D eigenvalue weighted by Crippen LogP contribution is -2.48. The Labute approximate surface area is 156 Å². The monoisotopic (exact) mass is 383 g/mol. The molecular weight excluding hydrogens is 354 g/mol. The zero-order valence-electron chi connectivity index (χ0n) is 15.9. The van der Waals surface area contributed by atoms with Gasteiger partial charge in [0.15, 0.2) is 0 Å². The highest BCUT2D eigenvalue weighted by Gasteiger charge is 2.32. The van der Waals surface area contributed by atoms with Crippen molar-refractivity contribution in [3.05, 3.63) is 29.8 Å². The minimum atomic E-state index is -3.40. The van der Waals surface area contributed by atoms with E-state index >= 15 is 0 Å². The van der Waals surface area contributed by atoms with Crippen molar-refractivity contribution in [2.75, 3.05) is 33.8 Å². The predicted octanol–water partition coefficient (Wildman–Crippen LogP) is 1.40. The standard InChI is InChI=1S/C18H29N3O4S/c1-14-5-7-17(8-6-14)25-13-15(2)19-18(22)16-9-11-21(12-10-16)26(23,24)20(3)4/h5-8,15-16H,9-13H2,1-4H3,(H,19,22)/t15-/m0/s1. The molecule has 7 nitrogen and oxygen atoms in total. The van der Waals surface area contributed by atoms with Gasteiger partial charge in [0.2, 0.25) is 5.91 Å². The molecule has 1 aromatic rings. The van der Waals surface area contributed by atoms with Gasteiger partial charge in [-0.05, 0) is 38.8 Å². The number of carbonyl (C=O) groups excluding carboxylic acids is 1. The molecule has 1 fully saturated rings. The fourth-order valence-electron chi connectivity index (χ4n) is 2.84. The van der Waals surface area contributed by atoms with Crippen molar-refractivity contribution in [2.24, 2.45) is 5.92 Å². The van der Waals surface area contributed by atoms with Gasteiger partial charge in [0.25, 0.3) is 10.2 Å². The Kier molecular flexibility index (Phi) is 7.02. The van der Waals surface area contributed by atoms with Crippen LogP contribution < -0.4 is 10.1 Å². The topological polar surface area (TPSA) is 79.0 Å². The van der Waals surface area contributed by atoms with Crippen molar-refractivity contribution in [2.45, 2.75) is 32.7 Å². The summed E-state index contributed by atoms with van der Waals surface area (Å²) < 4.78 is 32.6. The van der Waals surface area contributed by atoms with Crippen LogP contribution >= 0.6 is 0 Å². The molecule has 0 bridgehead atoms. The number of ether oxygens (including phenoxy) is 1. The van der Waals surface area contributed by atoms with Crippen LogP contribution in [0.3, 0.4) is 0 Å². The van der Waals surface area contributed by atoms with Crippen LogP contribution in [0.2, 0.25) is 0 Å². The molecule has 0 saturated carbocycles. The number of benzene rings is 1. The molecule has 1 atom stereocenters. The molecule has 26 heavy (non-hydrogen) atoms. The second-order valence-corrected chi connectivity index (χ2v) is 9.14. The zero-order valence-corrected chi connectivity index (χ0v) is 16.8. The molecule has 1 aliphatic rings. The third-order valence-corrected chi connectivity index (χ3v) is 6.46. The number of nitrogens with one attached hydrogen (secondary N) is 1. The lowest BCUT2D eigenvalue weighted by Gasteiger charge is -2.32. The van der Waals surface area contributed by atoms with Crippen LogP contribution in [0.15, 0.2) is 24.3 Å². The van der Waals surface area contributed by atoms with Crippen LogP contribution in [-0.2, 0) is 15.0 Å². The molecule has 0 aliphatic carbocycles. The summed E-state index contributed by atoms with van der Waals surface area (Å²) in [6, 6.07) is 7.66. The number of hydrogen-bond donors (Lipinski definition) is 1. The third kappa shape index (κ3) is 5.43. The molecule has 0 radical (unpaired) electrons. The third-order valence-electron chi connectivity index (χ3n) is 4.52.